The third kappa shape index (κ3) is 4.00. The molecule has 1 atom stereocenters. The molecule has 7 heteroatoms. The number of thiazole rings is 1. The van der Waals surface area contributed by atoms with E-state index >= 15 is 0 Å². The molecule has 0 fully saturated rings. The number of hydrogen-bond acceptors (Lipinski definition) is 4. The van der Waals surface area contributed by atoms with Crippen molar-refractivity contribution in [3.05, 3.63) is 65.7 Å². The van der Waals surface area contributed by atoms with Crippen molar-refractivity contribution >= 4 is 22.2 Å². The van der Waals surface area contributed by atoms with Crippen LogP contribution in [0, 0.1) is 11.6 Å². The molecule has 1 aromatic heterocycles. The monoisotopic (exact) mass is 360 g/mol. The first-order valence-corrected chi connectivity index (χ1v) is 8.34. The third-order valence-electron chi connectivity index (χ3n) is 3.42. The Bertz CT molecular complexity index is 884. The second kappa shape index (κ2) is 7.40. The van der Waals surface area contributed by atoms with Gasteiger partial charge in [-0.25, -0.2) is 13.8 Å². The first kappa shape index (κ1) is 17.0. The van der Waals surface area contributed by atoms with Crippen molar-refractivity contribution in [3.63, 3.8) is 0 Å². The minimum atomic E-state index is -1.03. The number of amides is 1. The number of aromatic nitrogens is 1. The Morgan fingerprint density at radius 1 is 1.16 bits per heavy atom. The minimum absolute atomic E-state index is 0.0779. The molecule has 3 aromatic rings. The molecule has 25 heavy (non-hydrogen) atoms. The van der Waals surface area contributed by atoms with Gasteiger partial charge in [0, 0.05) is 11.6 Å². The fourth-order valence-corrected chi connectivity index (χ4v) is 2.86. The molecular formula is C18H14F2N2O2S. The molecule has 0 aliphatic heterocycles. The number of nitrogens with zero attached hydrogens (tertiary/aromatic N) is 1. The number of nitrogens with one attached hydrogen (secondary N) is 1. The highest BCUT2D eigenvalue weighted by Crippen LogP contribution is 2.30. The second-order valence-electron chi connectivity index (χ2n) is 5.22. The molecule has 2 aromatic carbocycles. The summed E-state index contributed by atoms with van der Waals surface area (Å²) in [7, 11) is 0. The van der Waals surface area contributed by atoms with Crippen molar-refractivity contribution < 1.29 is 18.3 Å². The van der Waals surface area contributed by atoms with E-state index in [1.165, 1.54) is 24.3 Å². The zero-order chi connectivity index (χ0) is 17.8. The van der Waals surface area contributed by atoms with E-state index < -0.39 is 23.6 Å². The maximum Gasteiger partial charge on any atom is 0.265 e. The highest BCUT2D eigenvalue weighted by molar-refractivity contribution is 7.14. The molecule has 1 heterocycles. The van der Waals surface area contributed by atoms with Crippen molar-refractivity contribution in [1.82, 2.24) is 4.98 Å². The van der Waals surface area contributed by atoms with Crippen LogP contribution < -0.4 is 10.1 Å². The lowest BCUT2D eigenvalue weighted by atomic mass is 10.2. The van der Waals surface area contributed by atoms with Crippen LogP contribution in [0.4, 0.5) is 13.8 Å². The largest absolute Gasteiger partial charge is 0.481 e. The lowest BCUT2D eigenvalue weighted by Gasteiger charge is -2.14. The van der Waals surface area contributed by atoms with Gasteiger partial charge in [0.05, 0.1) is 5.51 Å². The van der Waals surface area contributed by atoms with Crippen LogP contribution in [0.5, 0.6) is 5.75 Å². The Morgan fingerprint density at radius 2 is 1.92 bits per heavy atom. The van der Waals surface area contributed by atoms with Gasteiger partial charge in [-0.05, 0) is 19.1 Å². The fourth-order valence-electron chi connectivity index (χ4n) is 2.16. The molecule has 0 unspecified atom stereocenters. The number of halogens is 2. The van der Waals surface area contributed by atoms with Crippen molar-refractivity contribution in [2.45, 2.75) is 13.0 Å². The summed E-state index contributed by atoms with van der Waals surface area (Å²) in [5.41, 5.74) is 3.19. The van der Waals surface area contributed by atoms with Crippen molar-refractivity contribution in [2.24, 2.45) is 0 Å². The molecule has 0 saturated carbocycles. The Balaban J connectivity index is 1.70. The number of carbonyl (C=O) groups is 1. The van der Waals surface area contributed by atoms with E-state index in [0.717, 1.165) is 17.7 Å². The van der Waals surface area contributed by atoms with Gasteiger partial charge in [-0.2, -0.15) is 0 Å². The molecule has 0 saturated heterocycles. The van der Waals surface area contributed by atoms with Gasteiger partial charge in [-0.15, -0.1) is 11.3 Å². The maximum absolute atomic E-state index is 13.2. The predicted molar refractivity (Wildman–Crippen MR) is 92.6 cm³/mol. The van der Waals surface area contributed by atoms with Crippen LogP contribution in [-0.4, -0.2) is 17.0 Å². The molecule has 0 aliphatic rings. The number of hydrogen-bond donors (Lipinski definition) is 1. The number of anilines is 1. The molecule has 0 radical (unpaired) electrons. The SMILES string of the molecule is C[C@H](Oc1ccc(F)c(F)c1)C(=O)Nc1scnc1-c1ccccc1. The molecule has 4 nitrogen and oxygen atoms in total. The van der Waals surface area contributed by atoms with Crippen molar-refractivity contribution in [3.8, 4) is 17.0 Å². The number of rotatable bonds is 5. The van der Waals surface area contributed by atoms with Crippen LogP contribution in [0.25, 0.3) is 11.3 Å². The van der Waals surface area contributed by atoms with E-state index in [4.69, 9.17) is 4.74 Å². The quantitative estimate of drug-likeness (QED) is 0.729. The van der Waals surface area contributed by atoms with Gasteiger partial charge < -0.3 is 10.1 Å². The lowest BCUT2D eigenvalue weighted by molar-refractivity contribution is -0.122. The summed E-state index contributed by atoms with van der Waals surface area (Å²) in [5.74, 6) is -2.33. The summed E-state index contributed by atoms with van der Waals surface area (Å²) in [6, 6.07) is 12.6. The molecule has 128 valence electrons. The highest BCUT2D eigenvalue weighted by Gasteiger charge is 2.19. The van der Waals surface area contributed by atoms with Crippen LogP contribution in [0.2, 0.25) is 0 Å². The highest BCUT2D eigenvalue weighted by atomic mass is 32.1. The fraction of sp³-hybridized carbons (Fsp3) is 0.111. The van der Waals surface area contributed by atoms with Gasteiger partial charge in [-0.1, -0.05) is 30.3 Å². The zero-order valence-corrected chi connectivity index (χ0v) is 14.0. The Morgan fingerprint density at radius 3 is 2.64 bits per heavy atom. The molecule has 0 spiro atoms. The average Bonchev–Trinajstić information content (AvgIpc) is 3.07. The molecule has 1 N–H and O–H groups in total. The van der Waals surface area contributed by atoms with Gasteiger partial charge in [0.25, 0.3) is 5.91 Å². The van der Waals surface area contributed by atoms with Crippen LogP contribution in [0.15, 0.2) is 54.0 Å². The van der Waals surface area contributed by atoms with E-state index in [0.29, 0.717) is 10.7 Å². The average molecular weight is 360 g/mol. The molecule has 0 bridgehead atoms. The summed E-state index contributed by atoms with van der Waals surface area (Å²) in [5, 5.41) is 3.35. The molecule has 1 amide bonds. The lowest BCUT2D eigenvalue weighted by Crippen LogP contribution is -2.30. The van der Waals surface area contributed by atoms with E-state index in [9.17, 15) is 13.6 Å². The number of carbonyl (C=O) groups excluding carboxylic acids is 1. The smallest absolute Gasteiger partial charge is 0.265 e. The van der Waals surface area contributed by atoms with Gasteiger partial charge in [0.2, 0.25) is 0 Å². The van der Waals surface area contributed by atoms with E-state index in [-0.39, 0.29) is 5.75 Å². The van der Waals surface area contributed by atoms with Crippen LogP contribution >= 0.6 is 11.3 Å². The normalized spacial score (nSPS) is 11.8. The van der Waals surface area contributed by atoms with E-state index in [1.54, 1.807) is 5.51 Å². The molecule has 0 aliphatic carbocycles. The first-order valence-electron chi connectivity index (χ1n) is 7.46. The van der Waals surface area contributed by atoms with Crippen LogP contribution in [-0.2, 0) is 4.79 Å². The van der Waals surface area contributed by atoms with E-state index in [2.05, 4.69) is 10.3 Å². The molecular weight excluding hydrogens is 346 g/mol. The minimum Gasteiger partial charge on any atom is -0.481 e. The third-order valence-corrected chi connectivity index (χ3v) is 4.17. The Hall–Kier alpha value is -2.80. The summed E-state index contributed by atoms with van der Waals surface area (Å²) in [4.78, 5) is 16.6. The predicted octanol–water partition coefficient (Wildman–Crippen LogP) is 4.49. The van der Waals surface area contributed by atoms with Gasteiger partial charge in [0.1, 0.15) is 16.4 Å². The maximum atomic E-state index is 13.2. The van der Waals surface area contributed by atoms with Crippen LogP contribution in [0.3, 0.4) is 0 Å². The number of benzene rings is 2. The van der Waals surface area contributed by atoms with Gasteiger partial charge >= 0.3 is 0 Å². The molecule has 3 rings (SSSR count). The summed E-state index contributed by atoms with van der Waals surface area (Å²) >= 11 is 1.29. The summed E-state index contributed by atoms with van der Waals surface area (Å²) in [6.07, 6.45) is -0.893. The van der Waals surface area contributed by atoms with Gasteiger partial charge in [-0.3, -0.25) is 4.79 Å². The topological polar surface area (TPSA) is 51.2 Å². The van der Waals surface area contributed by atoms with Crippen molar-refractivity contribution in [2.75, 3.05) is 5.32 Å². The van der Waals surface area contributed by atoms with Gasteiger partial charge in [0.15, 0.2) is 17.7 Å². The van der Waals surface area contributed by atoms with Crippen molar-refractivity contribution in [1.29, 1.82) is 0 Å². The summed E-state index contributed by atoms with van der Waals surface area (Å²) < 4.78 is 31.5. The zero-order valence-electron chi connectivity index (χ0n) is 13.2. The second-order valence-corrected chi connectivity index (χ2v) is 6.08. The Labute approximate surface area is 147 Å². The summed E-state index contributed by atoms with van der Waals surface area (Å²) in [6.45, 7) is 1.53. The Kier molecular flexibility index (Phi) is 5.04. The number of ether oxygens (including phenoxy) is 1. The van der Waals surface area contributed by atoms with Crippen LogP contribution in [0.1, 0.15) is 6.92 Å². The first-order chi connectivity index (χ1) is 12.0. The standard InChI is InChI=1S/C18H14F2N2O2S/c1-11(24-13-7-8-14(19)15(20)9-13)17(23)22-18-16(21-10-25-18)12-5-3-2-4-6-12/h2-11H,1H3,(H,22,23)/t11-/m0/s1. The van der Waals surface area contributed by atoms with E-state index in [1.807, 2.05) is 30.3 Å².